The SMILES string of the molecule is CN(CCOC(=O)C1=C(c2ccccc2)NC2=C(C1c1cccc(Cl)c1)S(=O)(=O)CCCC2)Cc1cccs1. The molecule has 1 aromatic heterocycles. The number of thiophene rings is 1. The van der Waals surface area contributed by atoms with Crippen molar-refractivity contribution in [1.82, 2.24) is 10.2 Å². The highest BCUT2D eigenvalue weighted by Crippen LogP contribution is 2.46. The van der Waals surface area contributed by atoms with E-state index in [1.165, 1.54) is 4.88 Å². The summed E-state index contributed by atoms with van der Waals surface area (Å²) >= 11 is 8.07. The zero-order valence-corrected chi connectivity index (χ0v) is 24.1. The van der Waals surface area contributed by atoms with Crippen LogP contribution in [0.3, 0.4) is 0 Å². The first kappa shape index (κ1) is 27.6. The molecule has 204 valence electrons. The highest BCUT2D eigenvalue weighted by molar-refractivity contribution is 7.95. The number of esters is 1. The maximum Gasteiger partial charge on any atom is 0.337 e. The van der Waals surface area contributed by atoms with E-state index in [1.807, 2.05) is 54.9 Å². The molecule has 9 heteroatoms. The summed E-state index contributed by atoms with van der Waals surface area (Å²) < 4.78 is 33.2. The lowest BCUT2D eigenvalue weighted by Crippen LogP contribution is -2.33. The van der Waals surface area contributed by atoms with Gasteiger partial charge in [0.1, 0.15) is 6.61 Å². The Hall–Kier alpha value is -2.91. The van der Waals surface area contributed by atoms with Crippen molar-refractivity contribution in [3.05, 3.63) is 109 Å². The molecule has 0 amide bonds. The third kappa shape index (κ3) is 6.30. The van der Waals surface area contributed by atoms with Crippen molar-refractivity contribution in [1.29, 1.82) is 0 Å². The molecule has 6 nitrogen and oxygen atoms in total. The van der Waals surface area contributed by atoms with Gasteiger partial charge in [-0.15, -0.1) is 11.3 Å². The zero-order chi connectivity index (χ0) is 27.4. The van der Waals surface area contributed by atoms with Crippen molar-refractivity contribution < 1.29 is 17.9 Å². The summed E-state index contributed by atoms with van der Waals surface area (Å²) in [4.78, 5) is 17.5. The third-order valence-corrected chi connectivity index (χ3v) is 10.1. The van der Waals surface area contributed by atoms with E-state index in [-0.39, 0.29) is 22.8 Å². The number of nitrogens with one attached hydrogen (secondary N) is 1. The molecule has 2 aromatic carbocycles. The lowest BCUT2D eigenvalue weighted by molar-refractivity contribution is -0.139. The van der Waals surface area contributed by atoms with Crippen LogP contribution in [0.25, 0.3) is 5.70 Å². The quantitative estimate of drug-likeness (QED) is 0.329. The first-order valence-corrected chi connectivity index (χ1v) is 15.9. The van der Waals surface area contributed by atoms with E-state index in [0.717, 1.165) is 18.5 Å². The fourth-order valence-corrected chi connectivity index (χ4v) is 8.09. The Morgan fingerprint density at radius 2 is 1.92 bits per heavy atom. The molecular formula is C30H31ClN2O4S2. The Balaban J connectivity index is 1.55. The Bertz CT molecular complexity index is 1500. The molecule has 0 saturated heterocycles. The second kappa shape index (κ2) is 12.1. The number of sulfone groups is 1. The molecular weight excluding hydrogens is 552 g/mol. The Morgan fingerprint density at radius 3 is 2.67 bits per heavy atom. The maximum absolute atomic E-state index is 13.9. The Kier molecular flexibility index (Phi) is 8.57. The van der Waals surface area contributed by atoms with Crippen molar-refractivity contribution in [3.63, 3.8) is 0 Å². The van der Waals surface area contributed by atoms with E-state index in [1.54, 1.807) is 29.5 Å². The van der Waals surface area contributed by atoms with Gasteiger partial charge in [-0.05, 0) is 61.0 Å². The van der Waals surface area contributed by atoms with E-state index in [0.29, 0.717) is 41.4 Å². The summed E-state index contributed by atoms with van der Waals surface area (Å²) in [6, 6.07) is 20.7. The number of benzene rings is 2. The molecule has 0 saturated carbocycles. The number of likely N-dealkylation sites (N-methyl/N-ethyl adjacent to an activating group) is 1. The fraction of sp³-hybridized carbons (Fsp3) is 0.300. The molecule has 1 unspecified atom stereocenters. The van der Waals surface area contributed by atoms with E-state index in [9.17, 15) is 13.2 Å². The number of carbonyl (C=O) groups is 1. The summed E-state index contributed by atoms with van der Waals surface area (Å²) in [6.45, 7) is 1.47. The summed E-state index contributed by atoms with van der Waals surface area (Å²) in [7, 11) is -1.66. The van der Waals surface area contributed by atoms with Crippen LogP contribution in [0.2, 0.25) is 5.02 Å². The molecule has 3 heterocycles. The summed E-state index contributed by atoms with van der Waals surface area (Å²) in [5, 5.41) is 5.89. The number of ether oxygens (including phenoxy) is 1. The van der Waals surface area contributed by atoms with Crippen LogP contribution in [-0.2, 0) is 25.9 Å². The average molecular weight is 583 g/mol. The number of hydrogen-bond donors (Lipinski definition) is 1. The Labute approximate surface area is 238 Å². The Morgan fingerprint density at radius 1 is 1.10 bits per heavy atom. The van der Waals surface area contributed by atoms with Gasteiger partial charge in [0.05, 0.1) is 27.8 Å². The monoisotopic (exact) mass is 582 g/mol. The van der Waals surface area contributed by atoms with Crippen LogP contribution in [0.15, 0.2) is 88.3 Å². The number of halogens is 1. The van der Waals surface area contributed by atoms with Gasteiger partial charge in [-0.25, -0.2) is 13.2 Å². The number of nitrogens with zero attached hydrogens (tertiary/aromatic N) is 1. The predicted octanol–water partition coefficient (Wildman–Crippen LogP) is 5.99. The number of dihydropyridines is 1. The first-order chi connectivity index (χ1) is 18.8. The number of rotatable bonds is 8. The van der Waals surface area contributed by atoms with E-state index in [2.05, 4.69) is 16.3 Å². The van der Waals surface area contributed by atoms with Crippen LogP contribution in [0, 0.1) is 0 Å². The lowest BCUT2D eigenvalue weighted by Gasteiger charge is -2.33. The molecule has 1 N–H and O–H groups in total. The van der Waals surface area contributed by atoms with Gasteiger partial charge in [-0.2, -0.15) is 0 Å². The minimum absolute atomic E-state index is 0.0427. The van der Waals surface area contributed by atoms with E-state index >= 15 is 0 Å². The summed E-state index contributed by atoms with van der Waals surface area (Å²) in [5.41, 5.74) is 2.95. The molecule has 0 spiro atoms. The van der Waals surface area contributed by atoms with E-state index < -0.39 is 21.7 Å². The highest BCUT2D eigenvalue weighted by Gasteiger charge is 2.42. The van der Waals surface area contributed by atoms with Crippen LogP contribution in [0.1, 0.15) is 41.2 Å². The van der Waals surface area contributed by atoms with Crippen molar-refractivity contribution >= 4 is 44.4 Å². The minimum Gasteiger partial charge on any atom is -0.461 e. The second-order valence-corrected chi connectivity index (χ2v) is 13.4. The van der Waals surface area contributed by atoms with Crippen LogP contribution in [0.5, 0.6) is 0 Å². The topological polar surface area (TPSA) is 75.7 Å². The van der Waals surface area contributed by atoms with Gasteiger partial charge < -0.3 is 10.1 Å². The van der Waals surface area contributed by atoms with Crippen molar-refractivity contribution in [2.24, 2.45) is 0 Å². The summed E-state index contributed by atoms with van der Waals surface area (Å²) in [5.74, 6) is -1.32. The van der Waals surface area contributed by atoms with Crippen molar-refractivity contribution in [2.45, 2.75) is 31.7 Å². The third-order valence-electron chi connectivity index (χ3n) is 6.99. The van der Waals surface area contributed by atoms with E-state index in [4.69, 9.17) is 16.3 Å². The zero-order valence-electron chi connectivity index (χ0n) is 21.7. The summed E-state index contributed by atoms with van der Waals surface area (Å²) in [6.07, 6.45) is 1.89. The highest BCUT2D eigenvalue weighted by atomic mass is 35.5. The van der Waals surface area contributed by atoms with Crippen molar-refractivity contribution in [3.8, 4) is 0 Å². The molecule has 5 rings (SSSR count). The first-order valence-electron chi connectivity index (χ1n) is 13.0. The molecule has 1 atom stereocenters. The van der Waals surface area contributed by atoms with Crippen LogP contribution in [-0.4, -0.2) is 45.2 Å². The van der Waals surface area contributed by atoms with Gasteiger partial charge in [-0.3, -0.25) is 4.90 Å². The molecule has 2 aliphatic rings. The molecule has 2 aliphatic heterocycles. The smallest absolute Gasteiger partial charge is 0.337 e. The largest absolute Gasteiger partial charge is 0.461 e. The predicted molar refractivity (Wildman–Crippen MR) is 157 cm³/mol. The van der Waals surface area contributed by atoms with Crippen molar-refractivity contribution in [2.75, 3.05) is 26.0 Å². The van der Waals surface area contributed by atoms with Gasteiger partial charge >= 0.3 is 5.97 Å². The van der Waals surface area contributed by atoms with Crippen LogP contribution < -0.4 is 5.32 Å². The van der Waals surface area contributed by atoms with Gasteiger partial charge in [0.15, 0.2) is 9.84 Å². The maximum atomic E-state index is 13.9. The van der Waals surface area contributed by atoms with Gasteiger partial charge in [0.25, 0.3) is 0 Å². The van der Waals surface area contributed by atoms with Crippen LogP contribution >= 0.6 is 22.9 Å². The molecule has 3 aromatic rings. The number of hydrogen-bond acceptors (Lipinski definition) is 7. The molecule has 0 aliphatic carbocycles. The van der Waals surface area contributed by atoms with Crippen LogP contribution in [0.4, 0.5) is 0 Å². The average Bonchev–Trinajstić information content (AvgIpc) is 3.38. The van der Waals surface area contributed by atoms with Gasteiger partial charge in [-0.1, -0.05) is 60.1 Å². The molecule has 0 radical (unpaired) electrons. The number of carbonyl (C=O) groups excluding carboxylic acids is 1. The molecule has 0 bridgehead atoms. The van der Waals surface area contributed by atoms with Gasteiger partial charge in [0.2, 0.25) is 0 Å². The van der Waals surface area contributed by atoms with Gasteiger partial charge in [0, 0.05) is 28.7 Å². The fourth-order valence-electron chi connectivity index (χ4n) is 5.16. The number of allylic oxidation sites excluding steroid dienone is 2. The second-order valence-electron chi connectivity index (χ2n) is 9.84. The minimum atomic E-state index is -3.64. The molecule has 0 fully saturated rings. The normalized spacial score (nSPS) is 18.9. The standard InChI is InChI=1S/C30H31ClN2O4S2/c1-33(20-24-13-8-17-38-24)15-16-37-30(34)27-26(22-11-7-12-23(31)19-22)29-25(14-5-6-18-39(29,35)36)32-28(27)21-9-3-2-4-10-21/h2-4,7-13,17,19,26,32H,5-6,14-16,18,20H2,1H3. The lowest BCUT2D eigenvalue weighted by atomic mass is 9.84. The molecule has 39 heavy (non-hydrogen) atoms.